The van der Waals surface area contributed by atoms with E-state index >= 15 is 0 Å². The maximum Gasteiger partial charge on any atom is 0.308 e. The zero-order valence-electron chi connectivity index (χ0n) is 9.91. The van der Waals surface area contributed by atoms with Gasteiger partial charge in [0.1, 0.15) is 0 Å². The summed E-state index contributed by atoms with van der Waals surface area (Å²) in [6.07, 6.45) is 1.96. The fraction of sp³-hybridized carbons (Fsp3) is 0.818. The Labute approximate surface area is 90.9 Å². The third-order valence-corrected chi connectivity index (χ3v) is 2.16. The third kappa shape index (κ3) is 6.10. The molecule has 0 heterocycles. The van der Waals surface area contributed by atoms with Crippen LogP contribution in [0.1, 0.15) is 40.0 Å². The molecule has 0 N–H and O–H groups in total. The average Bonchev–Trinajstić information content (AvgIpc) is 2.14. The van der Waals surface area contributed by atoms with Crippen molar-refractivity contribution in [3.8, 4) is 0 Å². The molecule has 88 valence electrons. The maximum absolute atomic E-state index is 11.4. The number of rotatable bonds is 6. The van der Waals surface area contributed by atoms with Gasteiger partial charge in [-0.25, -0.2) is 0 Å². The van der Waals surface area contributed by atoms with Crippen LogP contribution in [0.5, 0.6) is 0 Å². The van der Waals surface area contributed by atoms with Crippen LogP contribution in [0, 0.1) is 5.92 Å². The van der Waals surface area contributed by atoms with E-state index < -0.39 is 0 Å². The quantitative estimate of drug-likeness (QED) is 0.636. The van der Waals surface area contributed by atoms with Gasteiger partial charge in [-0.3, -0.25) is 9.59 Å². The lowest BCUT2D eigenvalue weighted by atomic mass is 9.97. The Bertz CT molecular complexity index is 213. The minimum absolute atomic E-state index is 0.172. The maximum atomic E-state index is 11.4. The van der Waals surface area contributed by atoms with Gasteiger partial charge in [0.05, 0.1) is 19.1 Å². The molecule has 4 nitrogen and oxygen atoms in total. The molecule has 15 heavy (non-hydrogen) atoms. The van der Waals surface area contributed by atoms with Crippen LogP contribution in [0.15, 0.2) is 0 Å². The van der Waals surface area contributed by atoms with Gasteiger partial charge >= 0.3 is 11.9 Å². The van der Waals surface area contributed by atoms with Crippen molar-refractivity contribution in [1.29, 1.82) is 0 Å². The molecule has 0 bridgehead atoms. The van der Waals surface area contributed by atoms with E-state index in [-0.39, 0.29) is 24.0 Å². The summed E-state index contributed by atoms with van der Waals surface area (Å²) in [7, 11) is 1.38. The molecule has 0 saturated carbocycles. The Morgan fingerprint density at radius 3 is 2.33 bits per heavy atom. The van der Waals surface area contributed by atoms with Crippen molar-refractivity contribution in [1.82, 2.24) is 0 Å². The van der Waals surface area contributed by atoms with Crippen molar-refractivity contribution >= 4 is 11.9 Å². The molecule has 0 unspecified atom stereocenters. The predicted molar refractivity (Wildman–Crippen MR) is 56.3 cm³/mol. The van der Waals surface area contributed by atoms with Crippen molar-refractivity contribution in [2.75, 3.05) is 7.11 Å². The summed E-state index contributed by atoms with van der Waals surface area (Å²) in [6.45, 7) is 5.16. The number of methoxy groups -OCH3 is 1. The van der Waals surface area contributed by atoms with Gasteiger partial charge in [-0.05, 0) is 19.8 Å². The summed E-state index contributed by atoms with van der Waals surface area (Å²) in [5.74, 6) is -0.715. The first-order chi connectivity index (χ1) is 7.01. The molecule has 0 aliphatic heterocycles. The van der Waals surface area contributed by atoms with E-state index in [2.05, 4.69) is 0 Å². The Morgan fingerprint density at radius 1 is 1.33 bits per heavy atom. The molecule has 0 radical (unpaired) electrons. The molecule has 0 fully saturated rings. The standard InChI is InChI=1S/C11H20O4/c1-5-6-10(11(13)14-4)7-8(2)15-9(3)12/h8,10H,5-7H2,1-4H3/t8-,10-/m0/s1. The van der Waals surface area contributed by atoms with Gasteiger partial charge in [-0.1, -0.05) is 13.3 Å². The van der Waals surface area contributed by atoms with E-state index in [1.807, 2.05) is 6.92 Å². The lowest BCUT2D eigenvalue weighted by Crippen LogP contribution is -2.23. The van der Waals surface area contributed by atoms with Crippen LogP contribution in [-0.4, -0.2) is 25.2 Å². The number of hydrogen-bond acceptors (Lipinski definition) is 4. The summed E-state index contributed by atoms with van der Waals surface area (Å²) >= 11 is 0. The highest BCUT2D eigenvalue weighted by molar-refractivity contribution is 5.72. The van der Waals surface area contributed by atoms with Gasteiger partial charge in [0.2, 0.25) is 0 Å². The summed E-state index contributed by atoms with van der Waals surface area (Å²) in [5.41, 5.74) is 0. The predicted octanol–water partition coefficient (Wildman–Crippen LogP) is 1.92. The summed E-state index contributed by atoms with van der Waals surface area (Å²) in [5, 5.41) is 0. The number of hydrogen-bond donors (Lipinski definition) is 0. The monoisotopic (exact) mass is 216 g/mol. The second-order valence-corrected chi connectivity index (χ2v) is 3.66. The molecule has 0 aromatic heterocycles. The first-order valence-electron chi connectivity index (χ1n) is 5.26. The third-order valence-electron chi connectivity index (χ3n) is 2.16. The fourth-order valence-electron chi connectivity index (χ4n) is 1.58. The van der Waals surface area contributed by atoms with Gasteiger partial charge in [0, 0.05) is 6.92 Å². The van der Waals surface area contributed by atoms with Gasteiger partial charge < -0.3 is 9.47 Å². The minimum atomic E-state index is -0.317. The molecule has 0 aliphatic carbocycles. The zero-order valence-corrected chi connectivity index (χ0v) is 9.91. The summed E-state index contributed by atoms with van der Waals surface area (Å²) < 4.78 is 9.67. The molecule has 4 heteroatoms. The molecular weight excluding hydrogens is 196 g/mol. The first kappa shape index (κ1) is 13.9. The molecule has 0 aromatic carbocycles. The number of ether oxygens (including phenoxy) is 2. The van der Waals surface area contributed by atoms with E-state index in [0.29, 0.717) is 6.42 Å². The second-order valence-electron chi connectivity index (χ2n) is 3.66. The normalized spacial score (nSPS) is 14.1. The molecular formula is C11H20O4. The van der Waals surface area contributed by atoms with Crippen LogP contribution in [0.2, 0.25) is 0 Å². The Morgan fingerprint density at radius 2 is 1.93 bits per heavy atom. The van der Waals surface area contributed by atoms with Gasteiger partial charge in [-0.15, -0.1) is 0 Å². The Hall–Kier alpha value is -1.06. The highest BCUT2D eigenvalue weighted by Gasteiger charge is 2.22. The number of carbonyl (C=O) groups excluding carboxylic acids is 2. The topological polar surface area (TPSA) is 52.6 Å². The molecule has 0 rings (SSSR count). The van der Waals surface area contributed by atoms with Crippen molar-refractivity contribution in [3.63, 3.8) is 0 Å². The van der Waals surface area contributed by atoms with E-state index in [0.717, 1.165) is 12.8 Å². The van der Waals surface area contributed by atoms with Crippen LogP contribution in [0.4, 0.5) is 0 Å². The lowest BCUT2D eigenvalue weighted by molar-refractivity contribution is -0.152. The van der Waals surface area contributed by atoms with Crippen LogP contribution in [0.25, 0.3) is 0 Å². The van der Waals surface area contributed by atoms with Crippen LogP contribution in [0.3, 0.4) is 0 Å². The van der Waals surface area contributed by atoms with Gasteiger partial charge in [-0.2, -0.15) is 0 Å². The minimum Gasteiger partial charge on any atom is -0.469 e. The van der Waals surface area contributed by atoms with Gasteiger partial charge in [0.15, 0.2) is 0 Å². The first-order valence-corrected chi connectivity index (χ1v) is 5.26. The number of esters is 2. The average molecular weight is 216 g/mol. The van der Waals surface area contributed by atoms with Crippen LogP contribution in [-0.2, 0) is 19.1 Å². The van der Waals surface area contributed by atoms with Gasteiger partial charge in [0.25, 0.3) is 0 Å². The van der Waals surface area contributed by atoms with Crippen molar-refractivity contribution in [2.24, 2.45) is 5.92 Å². The Kier molecular flexibility index (Phi) is 6.75. The van der Waals surface area contributed by atoms with E-state index in [1.54, 1.807) is 6.92 Å². The largest absolute Gasteiger partial charge is 0.469 e. The molecule has 0 spiro atoms. The smallest absolute Gasteiger partial charge is 0.308 e. The molecule has 0 aliphatic rings. The molecule has 0 aromatic rings. The lowest BCUT2D eigenvalue weighted by Gasteiger charge is -2.18. The summed E-state index contributed by atoms with van der Waals surface area (Å²) in [4.78, 5) is 22.1. The van der Waals surface area contributed by atoms with Crippen molar-refractivity contribution in [2.45, 2.75) is 46.1 Å². The van der Waals surface area contributed by atoms with Crippen molar-refractivity contribution in [3.05, 3.63) is 0 Å². The van der Waals surface area contributed by atoms with E-state index in [4.69, 9.17) is 9.47 Å². The Balaban J connectivity index is 4.14. The molecule has 0 saturated heterocycles. The summed E-state index contributed by atoms with van der Waals surface area (Å²) in [6, 6.07) is 0. The number of carbonyl (C=O) groups is 2. The highest BCUT2D eigenvalue weighted by atomic mass is 16.5. The highest BCUT2D eigenvalue weighted by Crippen LogP contribution is 2.17. The second kappa shape index (κ2) is 7.26. The van der Waals surface area contributed by atoms with Crippen LogP contribution >= 0.6 is 0 Å². The zero-order chi connectivity index (χ0) is 11.8. The molecule has 0 amide bonds. The molecule has 2 atom stereocenters. The van der Waals surface area contributed by atoms with E-state index in [1.165, 1.54) is 14.0 Å². The SMILES string of the molecule is CCC[C@@H](C[C@H](C)OC(C)=O)C(=O)OC. The van der Waals surface area contributed by atoms with Crippen LogP contribution < -0.4 is 0 Å². The fourth-order valence-corrected chi connectivity index (χ4v) is 1.58. The van der Waals surface area contributed by atoms with E-state index in [9.17, 15) is 9.59 Å². The van der Waals surface area contributed by atoms with Crippen molar-refractivity contribution < 1.29 is 19.1 Å².